The van der Waals surface area contributed by atoms with Gasteiger partial charge in [-0.3, -0.25) is 0 Å². The Balaban J connectivity index is 2.16. The smallest absolute Gasteiger partial charge is 0.373 e. The van der Waals surface area contributed by atoms with E-state index in [1.165, 1.54) is 0 Å². The van der Waals surface area contributed by atoms with Gasteiger partial charge >= 0.3 is 6.18 Å². The molecule has 1 aliphatic carbocycles. The van der Waals surface area contributed by atoms with Crippen LogP contribution in [0.4, 0.5) is 24.8 Å². The maximum atomic E-state index is 12.9. The molecule has 0 bridgehead atoms. The van der Waals surface area contributed by atoms with Crippen molar-refractivity contribution in [3.05, 3.63) is 17.7 Å². The minimum atomic E-state index is -4.37. The molecule has 0 spiro atoms. The highest BCUT2D eigenvalue weighted by atomic mass is 19.4. The van der Waals surface area contributed by atoms with Crippen molar-refractivity contribution in [2.45, 2.75) is 31.0 Å². The van der Waals surface area contributed by atoms with Gasteiger partial charge in [-0.25, -0.2) is 4.98 Å². The van der Waals surface area contributed by atoms with Gasteiger partial charge in [0.15, 0.2) is 0 Å². The molecule has 1 heterocycles. The average molecular weight is 302 g/mol. The Kier molecular flexibility index (Phi) is 4.32. The van der Waals surface area contributed by atoms with E-state index in [0.717, 1.165) is 31.4 Å². The summed E-state index contributed by atoms with van der Waals surface area (Å²) in [5.74, 6) is 0.460. The molecule has 0 aromatic carbocycles. The minimum Gasteiger partial charge on any atom is -0.373 e. The van der Waals surface area contributed by atoms with E-state index in [0.29, 0.717) is 6.54 Å². The Bertz CT molecular complexity index is 495. The Morgan fingerprint density at radius 2 is 1.86 bits per heavy atom. The highest BCUT2D eigenvalue weighted by Gasteiger charge is 2.39. The number of hydrogen-bond acceptors (Lipinski definition) is 4. The molecule has 1 saturated carbocycles. The fourth-order valence-electron chi connectivity index (χ4n) is 2.53. The van der Waals surface area contributed by atoms with Crippen LogP contribution in [0.5, 0.6) is 0 Å². The largest absolute Gasteiger partial charge is 0.416 e. The summed E-state index contributed by atoms with van der Waals surface area (Å²) in [6.07, 6.45) is -1.13. The van der Waals surface area contributed by atoms with Crippen molar-refractivity contribution >= 4 is 11.6 Å². The Morgan fingerprint density at radius 3 is 2.29 bits per heavy atom. The van der Waals surface area contributed by atoms with Gasteiger partial charge in [0.2, 0.25) is 0 Å². The fraction of sp³-hybridized carbons (Fsp3) is 0.643. The van der Waals surface area contributed by atoms with Gasteiger partial charge in [0.1, 0.15) is 11.6 Å². The summed E-state index contributed by atoms with van der Waals surface area (Å²) < 4.78 is 38.6. The zero-order valence-corrected chi connectivity index (χ0v) is 12.5. The molecule has 0 aliphatic heterocycles. The lowest BCUT2D eigenvalue weighted by Crippen LogP contribution is -2.54. The number of pyridine rings is 1. The predicted octanol–water partition coefficient (Wildman–Crippen LogP) is 3.04. The van der Waals surface area contributed by atoms with Gasteiger partial charge in [-0.15, -0.1) is 0 Å². The number of hydrogen-bond donors (Lipinski definition) is 2. The molecule has 1 aliphatic rings. The van der Waals surface area contributed by atoms with E-state index < -0.39 is 11.7 Å². The molecule has 0 radical (unpaired) electrons. The Labute approximate surface area is 122 Å². The van der Waals surface area contributed by atoms with Crippen LogP contribution in [-0.4, -0.2) is 43.1 Å². The third kappa shape index (κ3) is 3.40. The SMILES string of the molecule is CNc1cc(C(F)(F)F)cc(NCC2(N(C)C)CCC2)n1. The van der Waals surface area contributed by atoms with E-state index >= 15 is 0 Å². The van der Waals surface area contributed by atoms with Gasteiger partial charge in [-0.05, 0) is 45.5 Å². The van der Waals surface area contributed by atoms with Crippen molar-refractivity contribution in [1.82, 2.24) is 9.88 Å². The van der Waals surface area contributed by atoms with E-state index in [1.807, 2.05) is 14.1 Å². The molecule has 1 aromatic rings. The van der Waals surface area contributed by atoms with Crippen molar-refractivity contribution < 1.29 is 13.2 Å². The number of alkyl halides is 3. The summed E-state index contributed by atoms with van der Waals surface area (Å²) in [5.41, 5.74) is -0.674. The van der Waals surface area contributed by atoms with Gasteiger partial charge in [0.05, 0.1) is 5.56 Å². The van der Waals surface area contributed by atoms with Gasteiger partial charge in [0.25, 0.3) is 0 Å². The molecule has 0 saturated heterocycles. The molecule has 0 unspecified atom stereocenters. The van der Waals surface area contributed by atoms with Gasteiger partial charge in [-0.2, -0.15) is 13.2 Å². The van der Waals surface area contributed by atoms with E-state index in [9.17, 15) is 13.2 Å². The lowest BCUT2D eigenvalue weighted by Gasteiger charge is -2.47. The molecule has 4 nitrogen and oxygen atoms in total. The number of aromatic nitrogens is 1. The normalized spacial score (nSPS) is 17.5. The molecule has 7 heteroatoms. The molecule has 2 N–H and O–H groups in total. The van der Waals surface area contributed by atoms with Crippen molar-refractivity contribution in [1.29, 1.82) is 0 Å². The van der Waals surface area contributed by atoms with Crippen LogP contribution in [0.3, 0.4) is 0 Å². The first kappa shape index (κ1) is 15.9. The highest BCUT2D eigenvalue weighted by Crippen LogP contribution is 2.37. The summed E-state index contributed by atoms with van der Waals surface area (Å²) in [5, 5.41) is 5.73. The van der Waals surface area contributed by atoms with Crippen molar-refractivity contribution in [3.63, 3.8) is 0 Å². The molecule has 0 atom stereocenters. The standard InChI is InChI=1S/C14H21F3N4/c1-18-11-7-10(14(15,16)17)8-12(20-11)19-9-13(21(2)3)5-4-6-13/h7-8H,4-6,9H2,1-3H3,(H2,18,19,20). The first-order valence-corrected chi connectivity index (χ1v) is 6.95. The molecule has 2 rings (SSSR count). The second kappa shape index (κ2) is 5.71. The third-order valence-electron chi connectivity index (χ3n) is 4.24. The second-order valence-electron chi connectivity index (χ2n) is 5.70. The fourth-order valence-corrected chi connectivity index (χ4v) is 2.53. The monoisotopic (exact) mass is 302 g/mol. The van der Waals surface area contributed by atoms with Gasteiger partial charge < -0.3 is 15.5 Å². The predicted molar refractivity (Wildman–Crippen MR) is 77.5 cm³/mol. The van der Waals surface area contributed by atoms with Gasteiger partial charge in [0, 0.05) is 19.1 Å². The van der Waals surface area contributed by atoms with E-state index in [-0.39, 0.29) is 17.2 Å². The summed E-state index contributed by atoms with van der Waals surface area (Å²) >= 11 is 0. The zero-order chi connectivity index (χ0) is 15.7. The van der Waals surface area contributed by atoms with Crippen LogP contribution in [-0.2, 0) is 6.18 Å². The number of nitrogens with zero attached hydrogens (tertiary/aromatic N) is 2. The van der Waals surface area contributed by atoms with Crippen LogP contribution < -0.4 is 10.6 Å². The van der Waals surface area contributed by atoms with Crippen LogP contribution in [0.1, 0.15) is 24.8 Å². The van der Waals surface area contributed by atoms with Crippen LogP contribution >= 0.6 is 0 Å². The molecular formula is C14H21F3N4. The molecule has 0 amide bonds. The van der Waals surface area contributed by atoms with Crippen molar-refractivity contribution in [2.24, 2.45) is 0 Å². The van der Waals surface area contributed by atoms with E-state index in [2.05, 4.69) is 20.5 Å². The van der Waals surface area contributed by atoms with E-state index in [4.69, 9.17) is 0 Å². The van der Waals surface area contributed by atoms with Gasteiger partial charge in [-0.1, -0.05) is 0 Å². The van der Waals surface area contributed by atoms with Crippen molar-refractivity contribution in [3.8, 4) is 0 Å². The van der Waals surface area contributed by atoms with Crippen LogP contribution in [0, 0.1) is 0 Å². The number of halogens is 3. The summed E-state index contributed by atoms with van der Waals surface area (Å²) in [6.45, 7) is 0.595. The Hall–Kier alpha value is -1.50. The number of likely N-dealkylation sites (N-methyl/N-ethyl adjacent to an activating group) is 1. The molecule has 21 heavy (non-hydrogen) atoms. The lowest BCUT2D eigenvalue weighted by molar-refractivity contribution is -0.137. The molecule has 1 fully saturated rings. The summed E-state index contributed by atoms with van der Waals surface area (Å²) in [7, 11) is 5.55. The highest BCUT2D eigenvalue weighted by molar-refractivity contribution is 5.49. The molecule has 1 aromatic heterocycles. The maximum absolute atomic E-state index is 12.9. The average Bonchev–Trinajstić information content (AvgIpc) is 2.35. The first-order chi connectivity index (χ1) is 9.77. The first-order valence-electron chi connectivity index (χ1n) is 6.95. The Morgan fingerprint density at radius 1 is 1.24 bits per heavy atom. The third-order valence-corrected chi connectivity index (χ3v) is 4.24. The zero-order valence-electron chi connectivity index (χ0n) is 12.5. The van der Waals surface area contributed by atoms with Crippen LogP contribution in [0.25, 0.3) is 0 Å². The lowest BCUT2D eigenvalue weighted by atomic mass is 9.75. The number of rotatable bonds is 5. The summed E-state index contributed by atoms with van der Waals surface area (Å²) in [4.78, 5) is 6.28. The van der Waals surface area contributed by atoms with Crippen LogP contribution in [0.15, 0.2) is 12.1 Å². The van der Waals surface area contributed by atoms with Crippen molar-refractivity contribution in [2.75, 3.05) is 38.3 Å². The maximum Gasteiger partial charge on any atom is 0.416 e. The number of anilines is 2. The van der Waals surface area contributed by atoms with E-state index in [1.54, 1.807) is 7.05 Å². The summed E-state index contributed by atoms with van der Waals surface area (Å²) in [6, 6.07) is 2.07. The van der Waals surface area contributed by atoms with Crippen LogP contribution in [0.2, 0.25) is 0 Å². The molecule has 118 valence electrons. The minimum absolute atomic E-state index is 0.0235. The molecular weight excluding hydrogens is 281 g/mol. The number of nitrogens with one attached hydrogen (secondary N) is 2. The second-order valence-corrected chi connectivity index (χ2v) is 5.70. The topological polar surface area (TPSA) is 40.2 Å². The quantitative estimate of drug-likeness (QED) is 0.877.